The maximum Gasteiger partial charge on any atom is 0.269 e. The van der Waals surface area contributed by atoms with Crippen molar-refractivity contribution < 1.29 is 9.72 Å². The molecule has 8 heteroatoms. The lowest BCUT2D eigenvalue weighted by Gasteiger charge is -1.97. The summed E-state index contributed by atoms with van der Waals surface area (Å²) in [6.45, 7) is 2.39. The van der Waals surface area contributed by atoms with Crippen molar-refractivity contribution in [1.29, 1.82) is 0 Å². The van der Waals surface area contributed by atoms with Gasteiger partial charge in [-0.25, -0.2) is 4.98 Å². The van der Waals surface area contributed by atoms with Crippen molar-refractivity contribution in [1.82, 2.24) is 20.5 Å². The van der Waals surface area contributed by atoms with Gasteiger partial charge in [-0.15, -0.1) is 0 Å². The van der Waals surface area contributed by atoms with Crippen LogP contribution in [0, 0.1) is 10.1 Å². The number of amides is 1. The molecule has 0 radical (unpaired) electrons. The monoisotopic (exact) mass is 275 g/mol. The highest BCUT2D eigenvalue weighted by Crippen LogP contribution is 2.19. The van der Waals surface area contributed by atoms with E-state index in [1.54, 1.807) is 12.1 Å². The number of nitro benzene ring substituents is 1. The number of nitrogens with one attached hydrogen (secondary N) is 2. The summed E-state index contributed by atoms with van der Waals surface area (Å²) in [6, 6.07) is 5.90. The van der Waals surface area contributed by atoms with E-state index in [1.807, 2.05) is 6.92 Å². The first-order valence-electron chi connectivity index (χ1n) is 6.03. The van der Waals surface area contributed by atoms with Crippen molar-refractivity contribution in [2.75, 3.05) is 6.54 Å². The third-order valence-electron chi connectivity index (χ3n) is 2.57. The molecule has 2 N–H and O–H groups in total. The number of nitrogens with zero attached hydrogens (tertiary/aromatic N) is 3. The fraction of sp³-hybridized carbons (Fsp3) is 0.250. The van der Waals surface area contributed by atoms with Crippen molar-refractivity contribution in [3.05, 3.63) is 40.2 Å². The van der Waals surface area contributed by atoms with E-state index in [0.717, 1.165) is 0 Å². The number of aromatic amines is 1. The number of carbonyl (C=O) groups excluding carboxylic acids is 1. The molecule has 0 aliphatic rings. The number of hydrogen-bond donors (Lipinski definition) is 2. The number of nitro groups is 1. The molecule has 1 amide bonds. The molecule has 0 unspecified atom stereocenters. The Bertz CT molecular complexity index is 620. The highest BCUT2D eigenvalue weighted by Gasteiger charge is 2.11. The van der Waals surface area contributed by atoms with Gasteiger partial charge in [0.15, 0.2) is 5.82 Å². The van der Waals surface area contributed by atoms with Crippen molar-refractivity contribution in [3.8, 4) is 11.4 Å². The van der Waals surface area contributed by atoms with Gasteiger partial charge in [0, 0.05) is 24.2 Å². The van der Waals surface area contributed by atoms with E-state index in [9.17, 15) is 14.9 Å². The first-order chi connectivity index (χ1) is 9.60. The van der Waals surface area contributed by atoms with Gasteiger partial charge in [-0.1, -0.05) is 0 Å². The largest absolute Gasteiger partial charge is 0.356 e. The Morgan fingerprint density at radius 2 is 2.10 bits per heavy atom. The van der Waals surface area contributed by atoms with Crippen molar-refractivity contribution in [2.45, 2.75) is 13.3 Å². The number of carbonyl (C=O) groups is 1. The second-order valence-corrected chi connectivity index (χ2v) is 4.04. The minimum absolute atomic E-state index is 0.00633. The molecule has 0 saturated heterocycles. The SMILES string of the molecule is CCNC(=O)Cc1nc(-c2ccc([N+](=O)[O-])cc2)n[nH]1. The summed E-state index contributed by atoms with van der Waals surface area (Å²) in [5.41, 5.74) is 0.654. The maximum absolute atomic E-state index is 11.4. The lowest BCUT2D eigenvalue weighted by atomic mass is 10.2. The Morgan fingerprint density at radius 1 is 1.40 bits per heavy atom. The van der Waals surface area contributed by atoms with Gasteiger partial charge in [0.25, 0.3) is 5.69 Å². The first-order valence-corrected chi connectivity index (χ1v) is 6.03. The van der Waals surface area contributed by atoms with Gasteiger partial charge < -0.3 is 5.32 Å². The number of likely N-dealkylation sites (N-methyl/N-ethyl adjacent to an activating group) is 1. The van der Waals surface area contributed by atoms with Crippen LogP contribution in [0.25, 0.3) is 11.4 Å². The number of non-ortho nitro benzene ring substituents is 1. The summed E-state index contributed by atoms with van der Waals surface area (Å²) in [5.74, 6) is 0.711. The molecule has 0 aliphatic heterocycles. The lowest BCUT2D eigenvalue weighted by Crippen LogP contribution is -2.24. The molecule has 2 aromatic rings. The van der Waals surface area contributed by atoms with Gasteiger partial charge in [0.1, 0.15) is 5.82 Å². The molecule has 0 aliphatic carbocycles. The van der Waals surface area contributed by atoms with Crippen LogP contribution in [0.4, 0.5) is 5.69 Å². The maximum atomic E-state index is 11.4. The molecule has 20 heavy (non-hydrogen) atoms. The third-order valence-corrected chi connectivity index (χ3v) is 2.57. The molecule has 0 atom stereocenters. The molecule has 0 spiro atoms. The molecule has 0 saturated carbocycles. The molecule has 0 fully saturated rings. The zero-order valence-corrected chi connectivity index (χ0v) is 10.8. The second kappa shape index (κ2) is 5.91. The normalized spacial score (nSPS) is 10.2. The lowest BCUT2D eigenvalue weighted by molar-refractivity contribution is -0.384. The van der Waals surface area contributed by atoms with Gasteiger partial charge in [-0.2, -0.15) is 5.10 Å². The zero-order chi connectivity index (χ0) is 14.5. The van der Waals surface area contributed by atoms with Crippen LogP contribution in [0.3, 0.4) is 0 Å². The molecule has 8 nitrogen and oxygen atoms in total. The van der Waals surface area contributed by atoms with Crippen LogP contribution < -0.4 is 5.32 Å². The summed E-state index contributed by atoms with van der Waals surface area (Å²) in [5, 5.41) is 19.9. The number of benzene rings is 1. The Kier molecular flexibility index (Phi) is 4.04. The Hall–Kier alpha value is -2.77. The van der Waals surface area contributed by atoms with Crippen LogP contribution in [-0.4, -0.2) is 32.6 Å². The van der Waals surface area contributed by atoms with Gasteiger partial charge >= 0.3 is 0 Å². The highest BCUT2D eigenvalue weighted by atomic mass is 16.6. The number of aromatic nitrogens is 3. The van der Waals surface area contributed by atoms with Crippen molar-refractivity contribution in [2.24, 2.45) is 0 Å². The topological polar surface area (TPSA) is 114 Å². The molecule has 1 aromatic carbocycles. The molecule has 104 valence electrons. The summed E-state index contributed by atoms with van der Waals surface area (Å²) in [6.07, 6.45) is 0.119. The summed E-state index contributed by atoms with van der Waals surface area (Å²) >= 11 is 0. The van der Waals surface area contributed by atoms with Crippen LogP contribution >= 0.6 is 0 Å². The van der Waals surface area contributed by atoms with E-state index in [0.29, 0.717) is 23.8 Å². The van der Waals surface area contributed by atoms with Crippen LogP contribution in [0.1, 0.15) is 12.7 Å². The smallest absolute Gasteiger partial charge is 0.269 e. The standard InChI is InChI=1S/C12H13N5O3/c1-2-13-11(18)7-10-14-12(16-15-10)8-3-5-9(6-4-8)17(19)20/h3-6H,2,7H2,1H3,(H,13,18)(H,14,15,16). The molecule has 0 bridgehead atoms. The van der Waals surface area contributed by atoms with Crippen LogP contribution in [-0.2, 0) is 11.2 Å². The fourth-order valence-electron chi connectivity index (χ4n) is 1.65. The Morgan fingerprint density at radius 3 is 2.70 bits per heavy atom. The molecule has 1 heterocycles. The van der Waals surface area contributed by atoms with E-state index >= 15 is 0 Å². The molecule has 2 rings (SSSR count). The third kappa shape index (κ3) is 3.16. The van der Waals surface area contributed by atoms with Gasteiger partial charge in [0.05, 0.1) is 11.3 Å². The number of H-pyrrole nitrogens is 1. The van der Waals surface area contributed by atoms with Crippen molar-refractivity contribution >= 4 is 11.6 Å². The summed E-state index contributed by atoms with van der Waals surface area (Å²) < 4.78 is 0. The first kappa shape index (κ1) is 13.7. The van der Waals surface area contributed by atoms with Crippen LogP contribution in [0.2, 0.25) is 0 Å². The minimum atomic E-state index is -0.470. The molecule has 1 aromatic heterocycles. The number of rotatable bonds is 5. The second-order valence-electron chi connectivity index (χ2n) is 4.04. The molecular formula is C12H13N5O3. The summed E-state index contributed by atoms with van der Waals surface area (Å²) in [4.78, 5) is 25.7. The van der Waals surface area contributed by atoms with Crippen molar-refractivity contribution in [3.63, 3.8) is 0 Å². The Balaban J connectivity index is 2.12. The quantitative estimate of drug-likeness (QED) is 0.625. The average molecular weight is 275 g/mol. The number of hydrogen-bond acceptors (Lipinski definition) is 5. The Labute approximate surface area is 114 Å². The van der Waals surface area contributed by atoms with E-state index in [4.69, 9.17) is 0 Å². The minimum Gasteiger partial charge on any atom is -0.356 e. The van der Waals surface area contributed by atoms with E-state index in [1.165, 1.54) is 12.1 Å². The van der Waals surface area contributed by atoms with E-state index < -0.39 is 4.92 Å². The van der Waals surface area contributed by atoms with E-state index in [2.05, 4.69) is 20.5 Å². The average Bonchev–Trinajstić information content (AvgIpc) is 2.87. The van der Waals surface area contributed by atoms with Crippen LogP contribution in [0.5, 0.6) is 0 Å². The predicted molar refractivity (Wildman–Crippen MR) is 70.9 cm³/mol. The van der Waals surface area contributed by atoms with Gasteiger partial charge in [0.2, 0.25) is 5.91 Å². The molecular weight excluding hydrogens is 262 g/mol. The fourth-order valence-corrected chi connectivity index (χ4v) is 1.65. The van der Waals surface area contributed by atoms with Crippen LogP contribution in [0.15, 0.2) is 24.3 Å². The van der Waals surface area contributed by atoms with Gasteiger partial charge in [-0.3, -0.25) is 20.0 Å². The van der Waals surface area contributed by atoms with E-state index in [-0.39, 0.29) is 18.0 Å². The van der Waals surface area contributed by atoms with Gasteiger partial charge in [-0.05, 0) is 19.1 Å². The highest BCUT2D eigenvalue weighted by molar-refractivity contribution is 5.77. The zero-order valence-electron chi connectivity index (χ0n) is 10.8. The predicted octanol–water partition coefficient (Wildman–Crippen LogP) is 1.06. The summed E-state index contributed by atoms with van der Waals surface area (Å²) in [7, 11) is 0.